The van der Waals surface area contributed by atoms with Gasteiger partial charge in [0.1, 0.15) is 0 Å². The summed E-state index contributed by atoms with van der Waals surface area (Å²) in [5.41, 5.74) is 2.07. The van der Waals surface area contributed by atoms with E-state index in [0.29, 0.717) is 16.1 Å². The number of hydrogen-bond donors (Lipinski definition) is 0. The zero-order valence-corrected chi connectivity index (χ0v) is 12.2. The lowest BCUT2D eigenvalue weighted by molar-refractivity contribution is -0.384. The van der Waals surface area contributed by atoms with Crippen LogP contribution in [0.4, 0.5) is 5.69 Å². The van der Waals surface area contributed by atoms with Crippen LogP contribution in [-0.2, 0) is 4.74 Å². The molecule has 0 atom stereocenters. The second kappa shape index (κ2) is 5.93. The highest BCUT2D eigenvalue weighted by atomic mass is 35.5. The number of nitro groups is 1. The summed E-state index contributed by atoms with van der Waals surface area (Å²) in [7, 11) is 1.27. The molecule has 0 unspecified atom stereocenters. The van der Waals surface area contributed by atoms with E-state index in [-0.39, 0.29) is 11.3 Å². The highest BCUT2D eigenvalue weighted by Gasteiger charge is 2.16. The number of rotatable bonds is 3. The molecular formula is C15H12ClNO4. The smallest absolute Gasteiger partial charge is 0.338 e. The van der Waals surface area contributed by atoms with Crippen molar-refractivity contribution >= 4 is 23.3 Å². The molecule has 0 bridgehead atoms. The van der Waals surface area contributed by atoms with E-state index >= 15 is 0 Å². The van der Waals surface area contributed by atoms with Crippen LogP contribution in [0.2, 0.25) is 5.02 Å². The van der Waals surface area contributed by atoms with Gasteiger partial charge >= 0.3 is 5.97 Å². The molecule has 2 aromatic carbocycles. The summed E-state index contributed by atoms with van der Waals surface area (Å²) >= 11 is 5.90. The Kier molecular flexibility index (Phi) is 4.23. The number of nitrogens with zero attached hydrogens (tertiary/aromatic N) is 1. The summed E-state index contributed by atoms with van der Waals surface area (Å²) in [5, 5.41) is 11.3. The number of benzene rings is 2. The van der Waals surface area contributed by atoms with Crippen LogP contribution in [0.1, 0.15) is 15.9 Å². The predicted octanol–water partition coefficient (Wildman–Crippen LogP) is 4.01. The molecule has 6 heteroatoms. The van der Waals surface area contributed by atoms with Crippen LogP contribution in [0, 0.1) is 17.0 Å². The molecule has 0 fully saturated rings. The molecule has 0 aromatic heterocycles. The van der Waals surface area contributed by atoms with E-state index in [1.807, 2.05) is 0 Å². The molecule has 0 saturated carbocycles. The van der Waals surface area contributed by atoms with Gasteiger partial charge in [-0.15, -0.1) is 0 Å². The Hall–Kier alpha value is -2.40. The molecule has 0 N–H and O–H groups in total. The van der Waals surface area contributed by atoms with Gasteiger partial charge in [0.2, 0.25) is 0 Å². The van der Waals surface area contributed by atoms with E-state index in [0.717, 1.165) is 5.56 Å². The van der Waals surface area contributed by atoms with Gasteiger partial charge in [-0.3, -0.25) is 10.1 Å². The van der Waals surface area contributed by atoms with Gasteiger partial charge in [0.05, 0.1) is 17.6 Å². The van der Waals surface area contributed by atoms with Crippen LogP contribution in [0.25, 0.3) is 11.1 Å². The molecule has 108 valence electrons. The summed E-state index contributed by atoms with van der Waals surface area (Å²) in [6.45, 7) is 1.75. The molecule has 21 heavy (non-hydrogen) atoms. The van der Waals surface area contributed by atoms with Crippen LogP contribution in [-0.4, -0.2) is 18.0 Å². The van der Waals surface area contributed by atoms with Gasteiger partial charge < -0.3 is 4.74 Å². The lowest BCUT2D eigenvalue weighted by Gasteiger charge is -2.09. The van der Waals surface area contributed by atoms with Crippen molar-refractivity contribution in [3.63, 3.8) is 0 Å². The predicted molar refractivity (Wildman–Crippen MR) is 79.6 cm³/mol. The summed E-state index contributed by atoms with van der Waals surface area (Å²) in [5.74, 6) is -0.545. The molecule has 0 aliphatic rings. The number of esters is 1. The lowest BCUT2D eigenvalue weighted by atomic mass is 9.97. The number of nitro benzene ring substituents is 1. The molecule has 2 aromatic rings. The third kappa shape index (κ3) is 3.20. The molecule has 5 nitrogen and oxygen atoms in total. The fourth-order valence-corrected chi connectivity index (χ4v) is 2.24. The first-order chi connectivity index (χ1) is 9.92. The first-order valence-electron chi connectivity index (χ1n) is 6.06. The van der Waals surface area contributed by atoms with Crippen molar-refractivity contribution in [3.05, 3.63) is 62.7 Å². The molecule has 0 saturated heterocycles. The van der Waals surface area contributed by atoms with Crippen LogP contribution < -0.4 is 0 Å². The first-order valence-corrected chi connectivity index (χ1v) is 6.44. The second-order valence-electron chi connectivity index (χ2n) is 4.50. The molecular weight excluding hydrogens is 294 g/mol. The Labute approximate surface area is 126 Å². The second-order valence-corrected chi connectivity index (χ2v) is 4.93. The minimum absolute atomic E-state index is 0.0317. The lowest BCUT2D eigenvalue weighted by Crippen LogP contribution is -2.04. The standard InChI is InChI=1S/C15H12ClNO4/c1-9-5-10(7-12(6-9)17(19)20)13-4-3-11(16)8-14(13)15(18)21-2/h3-8H,1-2H3. The van der Waals surface area contributed by atoms with E-state index in [1.54, 1.807) is 25.1 Å². The summed E-state index contributed by atoms with van der Waals surface area (Å²) in [6, 6.07) is 9.41. The number of ether oxygens (including phenoxy) is 1. The average molecular weight is 306 g/mol. The fourth-order valence-electron chi connectivity index (χ4n) is 2.07. The zero-order chi connectivity index (χ0) is 15.6. The Bertz CT molecular complexity index is 728. The van der Waals surface area contributed by atoms with Crippen LogP contribution >= 0.6 is 11.6 Å². The third-order valence-corrected chi connectivity index (χ3v) is 3.21. The largest absolute Gasteiger partial charge is 0.465 e. The number of methoxy groups -OCH3 is 1. The maximum absolute atomic E-state index is 11.8. The monoisotopic (exact) mass is 305 g/mol. The minimum atomic E-state index is -0.545. The summed E-state index contributed by atoms with van der Waals surface area (Å²) < 4.78 is 4.73. The van der Waals surface area contributed by atoms with Crippen LogP contribution in [0.5, 0.6) is 0 Å². The van der Waals surface area contributed by atoms with Gasteiger partial charge in [0.15, 0.2) is 0 Å². The van der Waals surface area contributed by atoms with Gasteiger partial charge in [-0.1, -0.05) is 23.7 Å². The summed E-state index contributed by atoms with van der Waals surface area (Å²) in [6.07, 6.45) is 0. The molecule has 2 rings (SSSR count). The molecule has 0 spiro atoms. The SMILES string of the molecule is COC(=O)c1cc(Cl)ccc1-c1cc(C)cc([N+](=O)[O-])c1. The van der Waals surface area contributed by atoms with Crippen molar-refractivity contribution in [3.8, 4) is 11.1 Å². The summed E-state index contributed by atoms with van der Waals surface area (Å²) in [4.78, 5) is 22.3. The number of carbonyl (C=O) groups excluding carboxylic acids is 1. The number of non-ortho nitro benzene ring substituents is 1. The zero-order valence-electron chi connectivity index (χ0n) is 11.4. The van der Waals surface area contributed by atoms with Gasteiger partial charge in [0, 0.05) is 17.2 Å². The number of halogens is 1. The number of hydrogen-bond acceptors (Lipinski definition) is 4. The van der Waals surface area contributed by atoms with Gasteiger partial charge in [-0.05, 0) is 35.7 Å². The van der Waals surface area contributed by atoms with E-state index in [9.17, 15) is 14.9 Å². The topological polar surface area (TPSA) is 69.4 Å². The fraction of sp³-hybridized carbons (Fsp3) is 0.133. The maximum atomic E-state index is 11.8. The number of aryl methyl sites for hydroxylation is 1. The number of carbonyl (C=O) groups is 1. The van der Waals surface area contributed by atoms with Crippen molar-refractivity contribution in [2.24, 2.45) is 0 Å². The van der Waals surface area contributed by atoms with E-state index < -0.39 is 10.9 Å². The van der Waals surface area contributed by atoms with Crippen LogP contribution in [0.3, 0.4) is 0 Å². The van der Waals surface area contributed by atoms with Gasteiger partial charge in [0.25, 0.3) is 5.69 Å². The van der Waals surface area contributed by atoms with Crippen molar-refractivity contribution in [2.75, 3.05) is 7.11 Å². The Morgan fingerprint density at radius 3 is 2.57 bits per heavy atom. The van der Waals surface area contributed by atoms with Crippen molar-refractivity contribution < 1.29 is 14.5 Å². The van der Waals surface area contributed by atoms with Crippen LogP contribution in [0.15, 0.2) is 36.4 Å². The molecule has 0 aliphatic heterocycles. The van der Waals surface area contributed by atoms with Gasteiger partial charge in [-0.2, -0.15) is 0 Å². The maximum Gasteiger partial charge on any atom is 0.338 e. The minimum Gasteiger partial charge on any atom is -0.465 e. The first kappa shape index (κ1) is 15.0. The van der Waals surface area contributed by atoms with Crippen molar-refractivity contribution in [1.82, 2.24) is 0 Å². The normalized spacial score (nSPS) is 10.2. The van der Waals surface area contributed by atoms with E-state index in [2.05, 4.69) is 0 Å². The van der Waals surface area contributed by atoms with Crippen molar-refractivity contribution in [1.29, 1.82) is 0 Å². The Balaban J connectivity index is 2.66. The molecule has 0 amide bonds. The Morgan fingerprint density at radius 2 is 1.95 bits per heavy atom. The third-order valence-electron chi connectivity index (χ3n) is 2.97. The quantitative estimate of drug-likeness (QED) is 0.488. The van der Waals surface area contributed by atoms with E-state index in [1.165, 1.54) is 25.3 Å². The van der Waals surface area contributed by atoms with Crippen molar-refractivity contribution in [2.45, 2.75) is 6.92 Å². The molecule has 0 aliphatic carbocycles. The van der Waals surface area contributed by atoms with Gasteiger partial charge in [-0.25, -0.2) is 4.79 Å². The Morgan fingerprint density at radius 1 is 1.24 bits per heavy atom. The van der Waals surface area contributed by atoms with E-state index in [4.69, 9.17) is 16.3 Å². The molecule has 0 heterocycles. The average Bonchev–Trinajstić information content (AvgIpc) is 2.45. The highest BCUT2D eigenvalue weighted by molar-refractivity contribution is 6.31. The molecule has 0 radical (unpaired) electrons. The highest BCUT2D eigenvalue weighted by Crippen LogP contribution is 2.30.